The molecule has 2 heterocycles. The molecule has 0 saturated heterocycles. The fourth-order valence-electron chi connectivity index (χ4n) is 2.10. The van der Waals surface area contributed by atoms with Crippen molar-refractivity contribution in [3.63, 3.8) is 0 Å². The van der Waals surface area contributed by atoms with Crippen molar-refractivity contribution < 1.29 is 0 Å². The van der Waals surface area contributed by atoms with Crippen molar-refractivity contribution in [1.82, 2.24) is 19.9 Å². The lowest BCUT2D eigenvalue weighted by Crippen LogP contribution is -2.22. The van der Waals surface area contributed by atoms with E-state index in [1.807, 2.05) is 6.07 Å². The van der Waals surface area contributed by atoms with Crippen LogP contribution in [0.1, 0.15) is 13.8 Å². The van der Waals surface area contributed by atoms with Crippen molar-refractivity contribution in [2.24, 2.45) is 0 Å². The van der Waals surface area contributed by atoms with Gasteiger partial charge in [0.15, 0.2) is 0 Å². The second kappa shape index (κ2) is 3.76. The Balaban J connectivity index is 2.17. The van der Waals surface area contributed by atoms with E-state index >= 15 is 0 Å². The molecule has 0 aliphatic carbocycles. The predicted molar refractivity (Wildman–Crippen MR) is 69.3 cm³/mol. The molecule has 0 fully saturated rings. The van der Waals surface area contributed by atoms with Crippen molar-refractivity contribution in [2.45, 2.75) is 13.8 Å². The number of imidazole rings is 2. The summed E-state index contributed by atoms with van der Waals surface area (Å²) in [5, 5.41) is 0. The van der Waals surface area contributed by atoms with E-state index in [1.54, 1.807) is 6.33 Å². The highest BCUT2D eigenvalue weighted by molar-refractivity contribution is 5.92. The zero-order valence-corrected chi connectivity index (χ0v) is 9.99. The lowest BCUT2D eigenvalue weighted by atomic mass is 10.3. The zero-order chi connectivity index (χ0) is 11.8. The fourth-order valence-corrected chi connectivity index (χ4v) is 2.10. The second-order valence-corrected chi connectivity index (χ2v) is 4.02. The Morgan fingerprint density at radius 2 is 1.94 bits per heavy atom. The highest BCUT2D eigenvalue weighted by Crippen LogP contribution is 2.21. The van der Waals surface area contributed by atoms with E-state index in [2.05, 4.69) is 44.7 Å². The number of anilines is 1. The smallest absolute Gasteiger partial charge is 0.203 e. The van der Waals surface area contributed by atoms with Gasteiger partial charge >= 0.3 is 0 Å². The van der Waals surface area contributed by atoms with Crippen LogP contribution in [0.4, 0.5) is 5.95 Å². The Kier molecular flexibility index (Phi) is 2.24. The van der Waals surface area contributed by atoms with E-state index < -0.39 is 0 Å². The number of aromatic nitrogens is 4. The van der Waals surface area contributed by atoms with Gasteiger partial charge in [0, 0.05) is 13.1 Å². The second-order valence-electron chi connectivity index (χ2n) is 4.02. The molecule has 0 aliphatic rings. The molecule has 17 heavy (non-hydrogen) atoms. The quantitative estimate of drug-likeness (QED) is 0.724. The van der Waals surface area contributed by atoms with Gasteiger partial charge in [-0.15, -0.1) is 0 Å². The van der Waals surface area contributed by atoms with Crippen molar-refractivity contribution in [3.8, 4) is 0 Å². The number of H-pyrrole nitrogens is 2. The van der Waals surface area contributed by atoms with Gasteiger partial charge in [-0.05, 0) is 26.0 Å². The number of hydrogen-bond acceptors (Lipinski definition) is 3. The molecule has 1 aromatic carbocycles. The van der Waals surface area contributed by atoms with Crippen LogP contribution in [0, 0.1) is 0 Å². The third-order valence-electron chi connectivity index (χ3n) is 3.07. The van der Waals surface area contributed by atoms with E-state index in [4.69, 9.17) is 0 Å². The van der Waals surface area contributed by atoms with Crippen LogP contribution >= 0.6 is 0 Å². The summed E-state index contributed by atoms with van der Waals surface area (Å²) < 4.78 is 0. The molecule has 5 heteroatoms. The molecule has 2 N–H and O–H groups in total. The van der Waals surface area contributed by atoms with E-state index in [0.717, 1.165) is 41.1 Å². The van der Waals surface area contributed by atoms with Crippen molar-refractivity contribution in [1.29, 1.82) is 0 Å². The first-order valence-electron chi connectivity index (χ1n) is 5.89. The Morgan fingerprint density at radius 3 is 2.71 bits per heavy atom. The van der Waals surface area contributed by atoms with Gasteiger partial charge in [0.05, 0.1) is 28.4 Å². The molecule has 0 atom stereocenters. The summed E-state index contributed by atoms with van der Waals surface area (Å²) in [6.07, 6.45) is 1.70. The van der Waals surface area contributed by atoms with Crippen LogP contribution in [0.25, 0.3) is 22.1 Å². The number of nitrogens with zero attached hydrogens (tertiary/aromatic N) is 3. The van der Waals surface area contributed by atoms with Gasteiger partial charge in [-0.2, -0.15) is 0 Å². The van der Waals surface area contributed by atoms with Crippen LogP contribution in [0.5, 0.6) is 0 Å². The lowest BCUT2D eigenvalue weighted by molar-refractivity contribution is 0.835. The van der Waals surface area contributed by atoms with E-state index in [0.29, 0.717) is 0 Å². The fraction of sp³-hybridized carbons (Fsp3) is 0.333. The molecular weight excluding hydrogens is 214 g/mol. The summed E-state index contributed by atoms with van der Waals surface area (Å²) in [5.74, 6) is 0.928. The Labute approximate surface area is 98.9 Å². The topological polar surface area (TPSA) is 60.6 Å². The standard InChI is InChI=1S/C12H15N5/c1-3-17(4-2)12-15-10-5-8-9(14-7-13-8)6-11(10)16-12/h5-7H,3-4H2,1-2H3,(H,13,14)(H,15,16). The van der Waals surface area contributed by atoms with Crippen molar-refractivity contribution >= 4 is 28.0 Å². The average Bonchev–Trinajstić information content (AvgIpc) is 2.92. The summed E-state index contributed by atoms with van der Waals surface area (Å²) in [6, 6.07) is 4.06. The number of hydrogen-bond donors (Lipinski definition) is 2. The zero-order valence-electron chi connectivity index (χ0n) is 9.99. The van der Waals surface area contributed by atoms with Gasteiger partial charge < -0.3 is 14.9 Å². The maximum atomic E-state index is 4.60. The molecular formula is C12H15N5. The predicted octanol–water partition coefficient (Wildman–Crippen LogP) is 2.29. The number of aromatic amines is 2. The van der Waals surface area contributed by atoms with Crippen LogP contribution in [0.2, 0.25) is 0 Å². The third kappa shape index (κ3) is 1.54. The normalized spacial score (nSPS) is 11.4. The Bertz CT molecular complexity index is 599. The lowest BCUT2D eigenvalue weighted by Gasteiger charge is -2.16. The Hall–Kier alpha value is -2.04. The molecule has 0 unspecified atom stereocenters. The maximum absolute atomic E-state index is 4.60. The molecule has 2 aromatic heterocycles. The highest BCUT2D eigenvalue weighted by atomic mass is 15.2. The van der Waals surface area contributed by atoms with Gasteiger partial charge in [-0.1, -0.05) is 0 Å². The van der Waals surface area contributed by atoms with Gasteiger partial charge in [-0.25, -0.2) is 9.97 Å². The minimum Gasteiger partial charge on any atom is -0.345 e. The van der Waals surface area contributed by atoms with Crippen LogP contribution in [-0.4, -0.2) is 33.0 Å². The molecule has 88 valence electrons. The highest BCUT2D eigenvalue weighted by Gasteiger charge is 2.09. The van der Waals surface area contributed by atoms with Gasteiger partial charge in [-0.3, -0.25) is 0 Å². The Morgan fingerprint density at radius 1 is 1.12 bits per heavy atom. The van der Waals surface area contributed by atoms with E-state index in [-0.39, 0.29) is 0 Å². The molecule has 0 aliphatic heterocycles. The first-order valence-corrected chi connectivity index (χ1v) is 5.89. The first kappa shape index (κ1) is 10.1. The van der Waals surface area contributed by atoms with Crippen LogP contribution < -0.4 is 4.90 Å². The number of benzene rings is 1. The van der Waals surface area contributed by atoms with E-state index in [1.165, 1.54) is 0 Å². The number of fused-ring (bicyclic) bond motifs is 2. The largest absolute Gasteiger partial charge is 0.345 e. The number of nitrogens with one attached hydrogen (secondary N) is 2. The van der Waals surface area contributed by atoms with Crippen LogP contribution in [-0.2, 0) is 0 Å². The molecule has 0 bridgehead atoms. The molecule has 0 radical (unpaired) electrons. The first-order chi connectivity index (χ1) is 8.31. The van der Waals surface area contributed by atoms with Gasteiger partial charge in [0.1, 0.15) is 0 Å². The SMILES string of the molecule is CCN(CC)c1nc2cc3nc[nH]c3cc2[nH]1. The van der Waals surface area contributed by atoms with Crippen LogP contribution in [0.3, 0.4) is 0 Å². The minimum absolute atomic E-state index is 0.928. The maximum Gasteiger partial charge on any atom is 0.203 e. The van der Waals surface area contributed by atoms with E-state index in [9.17, 15) is 0 Å². The minimum atomic E-state index is 0.928. The number of rotatable bonds is 3. The molecule has 3 rings (SSSR count). The van der Waals surface area contributed by atoms with Crippen molar-refractivity contribution in [2.75, 3.05) is 18.0 Å². The molecule has 0 spiro atoms. The van der Waals surface area contributed by atoms with Crippen LogP contribution in [0.15, 0.2) is 18.5 Å². The molecule has 0 saturated carbocycles. The molecule has 5 nitrogen and oxygen atoms in total. The average molecular weight is 229 g/mol. The summed E-state index contributed by atoms with van der Waals surface area (Å²) in [6.45, 7) is 6.16. The summed E-state index contributed by atoms with van der Waals surface area (Å²) in [4.78, 5) is 17.5. The monoisotopic (exact) mass is 229 g/mol. The van der Waals surface area contributed by atoms with Crippen molar-refractivity contribution in [3.05, 3.63) is 18.5 Å². The molecule has 3 aromatic rings. The van der Waals surface area contributed by atoms with Gasteiger partial charge in [0.2, 0.25) is 5.95 Å². The van der Waals surface area contributed by atoms with Gasteiger partial charge in [0.25, 0.3) is 0 Å². The third-order valence-corrected chi connectivity index (χ3v) is 3.07. The summed E-state index contributed by atoms with van der Waals surface area (Å²) in [7, 11) is 0. The molecule has 0 amide bonds. The summed E-state index contributed by atoms with van der Waals surface area (Å²) in [5.41, 5.74) is 4.00. The summed E-state index contributed by atoms with van der Waals surface area (Å²) >= 11 is 0.